The van der Waals surface area contributed by atoms with Crippen molar-refractivity contribution < 1.29 is 0 Å². The summed E-state index contributed by atoms with van der Waals surface area (Å²) in [4.78, 5) is 218. The summed E-state index contributed by atoms with van der Waals surface area (Å²) in [5.41, 5.74) is 36.2. The molecule has 0 aromatic heterocycles. The second-order valence-electron chi connectivity index (χ2n) is 21.5. The molecule has 0 atom stereocenters. The number of nitrogens with two attached hydrogens (primary N) is 6. The number of guanidine groups is 18. The van der Waals surface area contributed by atoms with E-state index in [2.05, 4.69) is 105 Å². The predicted octanol–water partition coefficient (Wildman–Crippen LogP) is -11.6. The molecule has 0 radical (unpaired) electrons. The van der Waals surface area contributed by atoms with Gasteiger partial charge < -0.3 is 34.4 Å². The molecule has 24 heterocycles. The molecule has 0 saturated heterocycles. The number of hydrogen-bond donors (Lipinski definition) is 9. The van der Waals surface area contributed by atoms with Gasteiger partial charge in [0.1, 0.15) is 0 Å². The van der Waals surface area contributed by atoms with Gasteiger partial charge in [-0.25, -0.2) is 48.0 Å². The van der Waals surface area contributed by atoms with Crippen molar-refractivity contribution in [2.45, 2.75) is 0 Å². The number of rotatable bonds is 0. The van der Waals surface area contributed by atoms with E-state index in [9.17, 15) is 0 Å². The van der Waals surface area contributed by atoms with Gasteiger partial charge in [0, 0.05) is 0 Å². The molecule has 0 amide bonds. The summed E-state index contributed by atoms with van der Waals surface area (Å²) >= 11 is 0. The standard InChI is InChI=1S/C42H15N61/c43-1-49-13-64-7-61-8-65-14-50-2(44)57-21-78-33(84-26(71-8)95(14)21)101-34-79-22-58-5(47)53-17-68-11(74-29(85-34)98(17)22)63-12-69-18-54-6(48)60-24-81-36(87-30(75-12)99(18)24)102-35-80-23-59-4(46)52-16-67-10(73-28(86-35)97(16)23)62-9-66-15-51-3(45)56-20-77-32(83-27(72-9)96(15)20)100(31-76-19(55-1)94(13)25(70-7)82-31)37-88-40-90-38(101)92-42-93-39(102)91-41(89-37)103(40)42/h(H5,43,44,49,50,55,57,61,64,65,70,71,76,78,82,84)(H5,45,46,51,52,56,59,62,66,67,72,73,77,80,83,86)(H5,47,48,53,54,58,60,63,68,69,74,75,79,81,85,87). The van der Waals surface area contributed by atoms with Crippen LogP contribution in [0.5, 0.6) is 0 Å². The first kappa shape index (κ1) is 51.7. The Hall–Kier alpha value is -17.7. The number of aromatic nitrogens is 24. The summed E-state index contributed by atoms with van der Waals surface area (Å²) in [6.07, 6.45) is 0. The highest BCUT2D eigenvalue weighted by atomic mass is 15.6. The summed E-state index contributed by atoms with van der Waals surface area (Å²) in [6, 6.07) is 0. The van der Waals surface area contributed by atoms with Gasteiger partial charge >= 0.3 is 0 Å². The van der Waals surface area contributed by atoms with Crippen LogP contribution in [-0.4, -0.2) is 226 Å². The molecule has 0 saturated carbocycles. The number of aliphatic imine (C=N–C) groups is 18. The molecule has 0 aromatic rings. The van der Waals surface area contributed by atoms with Crippen molar-refractivity contribution in [3.63, 3.8) is 0 Å². The summed E-state index contributed by atoms with van der Waals surface area (Å²) in [6.45, 7) is 0. The Morgan fingerprint density at radius 2 is 0.320 bits per heavy atom. The van der Waals surface area contributed by atoms with Gasteiger partial charge in [0.25, 0.3) is 0 Å². The van der Waals surface area contributed by atoms with Crippen LogP contribution >= 0.6 is 0 Å². The Labute approximate surface area is 553 Å². The SMILES string of the molecule is NC1=NC2=Nc3nc4nc(n5c6nc7nc([nH]c8nc9nc(n%10c%11nc%12nc([nH]c%13nc%14nc(n(c%15nc%16nc([nH]3)N=C3N=C(N)N=C(N=%15)N3%16)-c3nc%15nc-5nc5nc-%10nc(n3)N%155)=NC3=NC(N)=NC(=N%13)N3%14)N=C3N=C(N)N=C(N=%11)N3%12)=NC3=NC(N)=NC(=N8)N39)N=C3N=C(N)N=C(N=6)N37)=NC(=N1)N24. The van der Waals surface area contributed by atoms with Gasteiger partial charge in [0.15, 0.2) is 0 Å². The van der Waals surface area contributed by atoms with Gasteiger partial charge in [-0.15, -0.1) is 0 Å². The summed E-state index contributed by atoms with van der Waals surface area (Å²) in [5.74, 6) is -9.62. The first-order valence-corrected chi connectivity index (χ1v) is 28.7. The zero-order valence-corrected chi connectivity index (χ0v) is 49.2. The summed E-state index contributed by atoms with van der Waals surface area (Å²) in [7, 11) is 0. The molecule has 24 aliphatic heterocycles. The second-order valence-corrected chi connectivity index (χ2v) is 21.5. The molecular weight excluding hydrogens is 1360 g/mol. The van der Waals surface area contributed by atoms with Crippen molar-refractivity contribution in [3.8, 4) is 17.8 Å². The maximum atomic E-state index is 6.45. The molecule has 61 heteroatoms. The van der Waals surface area contributed by atoms with Crippen LogP contribution in [0.15, 0.2) is 120 Å². The van der Waals surface area contributed by atoms with E-state index in [4.69, 9.17) is 154 Å². The van der Waals surface area contributed by atoms with Crippen LogP contribution in [0.25, 0.3) is 17.8 Å². The van der Waals surface area contributed by atoms with Crippen LogP contribution in [0.4, 0.5) is 89.2 Å². The smallest absolute Gasteiger partial charge is 0.246 e. The first-order valence-electron chi connectivity index (χ1n) is 28.7. The van der Waals surface area contributed by atoms with E-state index < -0.39 is 51.6 Å². The fourth-order valence-corrected chi connectivity index (χ4v) is 11.3. The number of anilines is 9. The molecule has 0 spiro atoms. The molecule has 0 unspecified atom stereocenters. The van der Waals surface area contributed by atoms with Gasteiger partial charge in [-0.1, -0.05) is 0 Å². The highest BCUT2D eigenvalue weighted by Gasteiger charge is 2.43. The Morgan fingerprint density at radius 1 is 0.155 bits per heavy atom. The predicted molar refractivity (Wildman–Crippen MR) is 341 cm³/mol. The quantitative estimate of drug-likeness (QED) is 0.0682. The van der Waals surface area contributed by atoms with E-state index in [1.54, 1.807) is 0 Å². The largest absolute Gasteiger partial charge is 0.368 e. The van der Waals surface area contributed by atoms with Crippen molar-refractivity contribution in [2.75, 3.05) is 34.3 Å². The van der Waals surface area contributed by atoms with Gasteiger partial charge in [0.05, 0.1) is 0 Å². The number of nitrogens with zero attached hydrogens (tertiary/aromatic N) is 52. The van der Waals surface area contributed by atoms with E-state index >= 15 is 0 Å². The van der Waals surface area contributed by atoms with Crippen molar-refractivity contribution in [3.05, 3.63) is 33.7 Å². The zero-order chi connectivity index (χ0) is 67.8. The van der Waals surface area contributed by atoms with Crippen LogP contribution in [0.3, 0.4) is 0 Å². The minimum absolute atomic E-state index is 0.146. The number of H-pyrrole nitrogens is 3. The molecule has 61 nitrogen and oxygen atoms in total. The topological polar surface area (TPSA) is 770 Å². The van der Waals surface area contributed by atoms with Crippen molar-refractivity contribution in [1.82, 2.24) is 118 Å². The monoisotopic (exact) mass is 1370 g/mol. The minimum atomic E-state index is -0.485. The third-order valence-electron chi connectivity index (χ3n) is 15.3. The molecule has 0 aromatic carbocycles. The van der Waals surface area contributed by atoms with Crippen LogP contribution in [-0.2, 0) is 0 Å². The lowest BCUT2D eigenvalue weighted by Crippen LogP contribution is -2.51. The van der Waals surface area contributed by atoms with Crippen molar-refractivity contribution in [1.29, 1.82) is 0 Å². The number of hydrogen-bond acceptors (Lipinski definition) is 55. The van der Waals surface area contributed by atoms with Crippen LogP contribution in [0.2, 0.25) is 0 Å². The number of fused-ring (bicyclic) bond motifs is 18. The molecule has 0 fully saturated rings. The molecule has 15 N–H and O–H groups in total. The average Bonchev–Trinajstić information content (AvgIpc) is 0.722. The van der Waals surface area contributed by atoms with Gasteiger partial charge in [0.2, 0.25) is 248 Å². The molecule has 24 aliphatic rings. The average molecular weight is 1370 g/mol. The molecule has 0 aliphatic carbocycles. The number of nitrogens with one attached hydrogen (secondary N) is 3. The third kappa shape index (κ3) is 7.17. The lowest BCUT2D eigenvalue weighted by molar-refractivity contribution is 0.693. The highest BCUT2D eigenvalue weighted by molar-refractivity contribution is 6.30. The highest BCUT2D eigenvalue weighted by Crippen LogP contribution is 2.35. The van der Waals surface area contributed by atoms with Crippen LogP contribution in [0.1, 0.15) is 0 Å². The molecule has 103 heavy (non-hydrogen) atoms. The third-order valence-corrected chi connectivity index (χ3v) is 15.3. The Bertz CT molecular complexity index is 5840. The summed E-state index contributed by atoms with van der Waals surface area (Å²) < 4.78 is 3.37. The van der Waals surface area contributed by atoms with E-state index in [1.165, 1.54) is 34.3 Å². The number of aromatic amines is 3. The maximum absolute atomic E-state index is 6.45. The molecular formula is C42H15N61. The van der Waals surface area contributed by atoms with E-state index in [1.807, 2.05) is 0 Å². The molecule has 488 valence electrons. The first-order chi connectivity index (χ1) is 50.2. The zero-order valence-electron chi connectivity index (χ0n) is 49.2. The molecule has 24 bridgehead atoms. The van der Waals surface area contributed by atoms with Gasteiger partial charge in [-0.05, 0) is 0 Å². The van der Waals surface area contributed by atoms with Crippen LogP contribution < -0.4 is 102 Å². The van der Waals surface area contributed by atoms with E-state index in [0.717, 1.165) is 13.7 Å². The van der Waals surface area contributed by atoms with Crippen LogP contribution in [0, 0.1) is 0 Å². The Morgan fingerprint density at radius 3 is 0.505 bits per heavy atom. The minimum Gasteiger partial charge on any atom is -0.368 e. The summed E-state index contributed by atoms with van der Waals surface area (Å²) in [5, 5.41) is 0. The van der Waals surface area contributed by atoms with Gasteiger partial charge in [-0.3, -0.25) is 15.0 Å². The lowest BCUT2D eigenvalue weighted by Gasteiger charge is -2.29. The lowest BCUT2D eigenvalue weighted by atomic mass is 10.5. The molecule has 24 rings (SSSR count). The van der Waals surface area contributed by atoms with Crippen molar-refractivity contribution in [2.24, 2.45) is 154 Å². The Balaban J connectivity index is 0.967. The van der Waals surface area contributed by atoms with E-state index in [-0.39, 0.29) is 196 Å². The Kier molecular flexibility index (Phi) is 8.75. The maximum Gasteiger partial charge on any atom is 0.246 e. The van der Waals surface area contributed by atoms with Gasteiger partial charge in [-0.2, -0.15) is 210 Å². The fourth-order valence-electron chi connectivity index (χ4n) is 11.3. The van der Waals surface area contributed by atoms with Crippen molar-refractivity contribution >= 4 is 196 Å². The second kappa shape index (κ2) is 17.4. The van der Waals surface area contributed by atoms with E-state index in [0.29, 0.717) is 0 Å². The fraction of sp³-hybridized carbons (Fsp3) is 0. The normalized spacial score (nSPS) is 18.9.